The molecule has 0 radical (unpaired) electrons. The Hall–Kier alpha value is -2.23. The van der Waals surface area contributed by atoms with Crippen LogP contribution in [0.15, 0.2) is 34.8 Å². The van der Waals surface area contributed by atoms with Crippen molar-refractivity contribution in [2.24, 2.45) is 0 Å². The Balaban J connectivity index is 1.36. The molecule has 1 aliphatic rings. The number of hydrogen-bond acceptors (Lipinski definition) is 6. The van der Waals surface area contributed by atoms with Crippen LogP contribution in [0.4, 0.5) is 9.52 Å². The monoisotopic (exact) mass is 446 g/mol. The number of nitrogens with zero attached hydrogens (tertiary/aromatic N) is 3. The van der Waals surface area contributed by atoms with Crippen LogP contribution in [0.2, 0.25) is 0 Å². The van der Waals surface area contributed by atoms with Crippen molar-refractivity contribution < 1.29 is 13.9 Å². The van der Waals surface area contributed by atoms with Crippen molar-refractivity contribution in [2.45, 2.75) is 44.5 Å². The largest absolute Gasteiger partial charge is 0.376 e. The second-order valence-corrected chi connectivity index (χ2v) is 8.99. The predicted molar refractivity (Wildman–Crippen MR) is 118 cm³/mol. The smallest absolute Gasteiger partial charge is 0.236 e. The standard InChI is InChI=1S/C21H23FN4O2S2/c1-13-14(2)26(10-17-4-3-9-28-17)21(23-13)30-12-19(27)25-20-24-18(11-29-20)15-5-7-16(22)8-6-15/h5-8,11,17H,3-4,9-10,12H2,1-2H3,(H,24,25,27). The van der Waals surface area contributed by atoms with Gasteiger partial charge in [0.2, 0.25) is 5.91 Å². The maximum atomic E-state index is 13.1. The van der Waals surface area contributed by atoms with Gasteiger partial charge in [-0.3, -0.25) is 4.79 Å². The number of carbonyl (C=O) groups excluding carboxylic acids is 1. The fourth-order valence-electron chi connectivity index (χ4n) is 3.31. The van der Waals surface area contributed by atoms with E-state index in [9.17, 15) is 9.18 Å². The summed E-state index contributed by atoms with van der Waals surface area (Å²) in [6.45, 7) is 5.62. The molecule has 2 aromatic heterocycles. The summed E-state index contributed by atoms with van der Waals surface area (Å²) in [4.78, 5) is 21.5. The number of benzene rings is 1. The first kappa shape index (κ1) is 21.0. The second-order valence-electron chi connectivity index (χ2n) is 7.19. The van der Waals surface area contributed by atoms with Gasteiger partial charge in [0.05, 0.1) is 29.8 Å². The lowest BCUT2D eigenvalue weighted by molar-refractivity contribution is -0.113. The molecule has 1 unspecified atom stereocenters. The second kappa shape index (κ2) is 9.28. The highest BCUT2D eigenvalue weighted by Gasteiger charge is 2.21. The molecular formula is C21H23FN4O2S2. The summed E-state index contributed by atoms with van der Waals surface area (Å²) in [5.41, 5.74) is 3.60. The number of nitrogens with one attached hydrogen (secondary N) is 1. The molecule has 3 aromatic rings. The van der Waals surface area contributed by atoms with Crippen LogP contribution in [0, 0.1) is 19.7 Å². The fourth-order valence-corrected chi connectivity index (χ4v) is 4.95. The summed E-state index contributed by atoms with van der Waals surface area (Å²) in [6.07, 6.45) is 2.36. The van der Waals surface area contributed by atoms with Gasteiger partial charge in [0.25, 0.3) is 0 Å². The number of rotatable bonds is 7. The molecule has 0 bridgehead atoms. The van der Waals surface area contributed by atoms with E-state index in [0.717, 1.165) is 48.1 Å². The Labute approximate surface area is 182 Å². The molecule has 30 heavy (non-hydrogen) atoms. The van der Waals surface area contributed by atoms with Gasteiger partial charge < -0.3 is 14.6 Å². The normalized spacial score (nSPS) is 16.2. The molecule has 6 nitrogen and oxygen atoms in total. The molecule has 0 spiro atoms. The first-order valence-corrected chi connectivity index (χ1v) is 11.7. The van der Waals surface area contributed by atoms with Crippen LogP contribution in [0.5, 0.6) is 0 Å². The molecule has 0 aliphatic carbocycles. The summed E-state index contributed by atoms with van der Waals surface area (Å²) in [6, 6.07) is 6.13. The van der Waals surface area contributed by atoms with Gasteiger partial charge in [-0.15, -0.1) is 11.3 Å². The lowest BCUT2D eigenvalue weighted by Gasteiger charge is -2.14. The zero-order valence-corrected chi connectivity index (χ0v) is 18.5. The zero-order valence-electron chi connectivity index (χ0n) is 16.9. The fraction of sp³-hybridized carbons (Fsp3) is 0.381. The maximum Gasteiger partial charge on any atom is 0.236 e. The van der Waals surface area contributed by atoms with E-state index in [2.05, 4.69) is 19.9 Å². The minimum Gasteiger partial charge on any atom is -0.376 e. The van der Waals surface area contributed by atoms with E-state index in [1.807, 2.05) is 19.2 Å². The van der Waals surface area contributed by atoms with Gasteiger partial charge >= 0.3 is 0 Å². The summed E-state index contributed by atoms with van der Waals surface area (Å²) < 4.78 is 21.0. The Bertz CT molecular complexity index is 1030. The van der Waals surface area contributed by atoms with Crippen LogP contribution in [0.1, 0.15) is 24.2 Å². The van der Waals surface area contributed by atoms with E-state index < -0.39 is 0 Å². The minimum absolute atomic E-state index is 0.137. The molecule has 4 rings (SSSR count). The third-order valence-electron chi connectivity index (χ3n) is 5.06. The number of carbonyl (C=O) groups is 1. The highest BCUT2D eigenvalue weighted by molar-refractivity contribution is 7.99. The number of amides is 1. The highest BCUT2D eigenvalue weighted by atomic mass is 32.2. The van der Waals surface area contributed by atoms with Crippen LogP contribution in [-0.2, 0) is 16.1 Å². The average Bonchev–Trinajstić information content (AvgIpc) is 3.46. The zero-order chi connectivity index (χ0) is 21.1. The van der Waals surface area contributed by atoms with Crippen molar-refractivity contribution in [3.8, 4) is 11.3 Å². The minimum atomic E-state index is -0.289. The Morgan fingerprint density at radius 3 is 2.87 bits per heavy atom. The third kappa shape index (κ3) is 4.91. The van der Waals surface area contributed by atoms with Crippen molar-refractivity contribution >= 4 is 34.1 Å². The number of thiazole rings is 1. The summed E-state index contributed by atoms with van der Waals surface area (Å²) in [5.74, 6) is -0.183. The molecule has 9 heteroatoms. The van der Waals surface area contributed by atoms with Crippen LogP contribution in [-0.4, -0.2) is 38.9 Å². The number of anilines is 1. The SMILES string of the molecule is Cc1nc(SCC(=O)Nc2nc(-c3ccc(F)cc3)cs2)n(CC2CCCO2)c1C. The predicted octanol–water partition coefficient (Wildman–Crippen LogP) is 4.67. The van der Waals surface area contributed by atoms with Gasteiger partial charge in [-0.1, -0.05) is 11.8 Å². The van der Waals surface area contributed by atoms with Gasteiger partial charge in [0, 0.05) is 23.2 Å². The molecule has 1 aromatic carbocycles. The molecule has 0 saturated carbocycles. The number of imidazole rings is 1. The number of halogens is 1. The molecule has 1 atom stereocenters. The first-order valence-electron chi connectivity index (χ1n) is 9.79. The van der Waals surface area contributed by atoms with Crippen molar-refractivity contribution in [1.82, 2.24) is 14.5 Å². The number of thioether (sulfide) groups is 1. The molecule has 158 valence electrons. The number of hydrogen-bond donors (Lipinski definition) is 1. The molecule has 1 aliphatic heterocycles. The van der Waals surface area contributed by atoms with E-state index in [1.165, 1.54) is 35.2 Å². The third-order valence-corrected chi connectivity index (χ3v) is 6.79. The maximum absolute atomic E-state index is 13.1. The Morgan fingerprint density at radius 2 is 2.13 bits per heavy atom. The van der Waals surface area contributed by atoms with Gasteiger partial charge in [0.15, 0.2) is 10.3 Å². The van der Waals surface area contributed by atoms with E-state index >= 15 is 0 Å². The lowest BCUT2D eigenvalue weighted by atomic mass is 10.2. The van der Waals surface area contributed by atoms with Gasteiger partial charge in [-0.05, 0) is 51.0 Å². The van der Waals surface area contributed by atoms with Crippen LogP contribution < -0.4 is 5.32 Å². The van der Waals surface area contributed by atoms with E-state index in [1.54, 1.807) is 12.1 Å². The Kier molecular flexibility index (Phi) is 6.50. The molecule has 1 fully saturated rings. The van der Waals surface area contributed by atoms with Crippen LogP contribution >= 0.6 is 23.1 Å². The number of aryl methyl sites for hydroxylation is 1. The van der Waals surface area contributed by atoms with Gasteiger partial charge in [-0.2, -0.15) is 0 Å². The summed E-state index contributed by atoms with van der Waals surface area (Å²) in [7, 11) is 0. The van der Waals surface area contributed by atoms with Crippen LogP contribution in [0.3, 0.4) is 0 Å². The lowest BCUT2D eigenvalue weighted by Crippen LogP contribution is -2.18. The van der Waals surface area contributed by atoms with Crippen molar-refractivity contribution in [3.05, 3.63) is 46.9 Å². The quantitative estimate of drug-likeness (QED) is 0.534. The summed E-state index contributed by atoms with van der Waals surface area (Å²) >= 11 is 2.76. The molecular weight excluding hydrogens is 423 g/mol. The molecule has 3 heterocycles. The van der Waals surface area contributed by atoms with E-state index in [4.69, 9.17) is 4.74 Å². The van der Waals surface area contributed by atoms with E-state index in [0.29, 0.717) is 10.8 Å². The van der Waals surface area contributed by atoms with Crippen molar-refractivity contribution in [2.75, 3.05) is 17.7 Å². The van der Waals surface area contributed by atoms with Crippen molar-refractivity contribution in [1.29, 1.82) is 0 Å². The number of aromatic nitrogens is 3. The average molecular weight is 447 g/mol. The number of ether oxygens (including phenoxy) is 1. The van der Waals surface area contributed by atoms with Crippen LogP contribution in [0.25, 0.3) is 11.3 Å². The topological polar surface area (TPSA) is 69.0 Å². The summed E-state index contributed by atoms with van der Waals surface area (Å²) in [5, 5.41) is 6.04. The van der Waals surface area contributed by atoms with Gasteiger partial charge in [-0.25, -0.2) is 14.4 Å². The van der Waals surface area contributed by atoms with E-state index in [-0.39, 0.29) is 23.6 Å². The van der Waals surface area contributed by atoms with Gasteiger partial charge in [0.1, 0.15) is 5.82 Å². The first-order chi connectivity index (χ1) is 14.5. The molecule has 1 N–H and O–H groups in total. The molecule has 1 saturated heterocycles. The highest BCUT2D eigenvalue weighted by Crippen LogP contribution is 2.27. The Morgan fingerprint density at radius 1 is 1.33 bits per heavy atom. The molecule has 1 amide bonds. The van der Waals surface area contributed by atoms with Crippen molar-refractivity contribution in [3.63, 3.8) is 0 Å².